The summed E-state index contributed by atoms with van der Waals surface area (Å²) in [7, 11) is 1.56. The van der Waals surface area contributed by atoms with Crippen LogP contribution in [0, 0.1) is 5.41 Å². The van der Waals surface area contributed by atoms with Crippen molar-refractivity contribution >= 4 is 23.4 Å². The van der Waals surface area contributed by atoms with Crippen LogP contribution < -0.4 is 15.5 Å². The lowest BCUT2D eigenvalue weighted by Gasteiger charge is -2.31. The van der Waals surface area contributed by atoms with Crippen LogP contribution in [0.4, 0.5) is 5.69 Å². The van der Waals surface area contributed by atoms with Crippen LogP contribution in [0.3, 0.4) is 0 Å². The van der Waals surface area contributed by atoms with Crippen LogP contribution in [0.1, 0.15) is 46.6 Å². The van der Waals surface area contributed by atoms with Crippen molar-refractivity contribution in [3.05, 3.63) is 54.1 Å². The fourth-order valence-corrected chi connectivity index (χ4v) is 4.62. The number of hydrogen-bond donors (Lipinski definition) is 2. The Morgan fingerprint density at radius 3 is 2.35 bits per heavy atom. The van der Waals surface area contributed by atoms with Gasteiger partial charge in [0.2, 0.25) is 17.7 Å². The molecule has 2 aromatic carbocycles. The first-order valence-electron chi connectivity index (χ1n) is 13.4. The highest BCUT2D eigenvalue weighted by Gasteiger charge is 2.33. The Morgan fingerprint density at radius 1 is 0.975 bits per heavy atom. The summed E-state index contributed by atoms with van der Waals surface area (Å²) in [5, 5.41) is 14.4. The summed E-state index contributed by atoms with van der Waals surface area (Å²) in [5.41, 5.74) is 3.80. The van der Waals surface area contributed by atoms with E-state index >= 15 is 0 Å². The van der Waals surface area contributed by atoms with Gasteiger partial charge >= 0.3 is 0 Å². The highest BCUT2D eigenvalue weighted by molar-refractivity contribution is 6.02. The molecule has 0 spiro atoms. The highest BCUT2D eigenvalue weighted by Crippen LogP contribution is 2.42. The van der Waals surface area contributed by atoms with Crippen LogP contribution in [0.2, 0.25) is 0 Å². The zero-order chi connectivity index (χ0) is 29.1. The number of aromatic nitrogens is 3. The van der Waals surface area contributed by atoms with E-state index in [1.54, 1.807) is 25.8 Å². The fraction of sp³-hybridized carbons (Fsp3) is 0.433. The molecule has 1 aliphatic rings. The van der Waals surface area contributed by atoms with Gasteiger partial charge in [-0.2, -0.15) is 0 Å². The van der Waals surface area contributed by atoms with Crippen molar-refractivity contribution in [1.82, 2.24) is 25.6 Å². The third-order valence-corrected chi connectivity index (χ3v) is 6.89. The molecule has 0 radical (unpaired) electrons. The van der Waals surface area contributed by atoms with Crippen LogP contribution in [0.15, 0.2) is 48.5 Å². The molecule has 0 aliphatic carbocycles. The molecule has 2 heterocycles. The first-order chi connectivity index (χ1) is 18.9. The van der Waals surface area contributed by atoms with E-state index in [2.05, 4.69) is 41.7 Å². The van der Waals surface area contributed by atoms with E-state index < -0.39 is 5.41 Å². The minimum atomic E-state index is -0.885. The van der Waals surface area contributed by atoms with E-state index in [1.807, 2.05) is 53.2 Å². The van der Waals surface area contributed by atoms with Gasteiger partial charge in [0.05, 0.1) is 48.6 Å². The van der Waals surface area contributed by atoms with Crippen molar-refractivity contribution in [1.29, 1.82) is 0 Å². The predicted octanol–water partition coefficient (Wildman–Crippen LogP) is 3.51. The monoisotopic (exact) mass is 546 g/mol. The molecule has 10 heteroatoms. The number of para-hydroxylation sites is 1. The van der Waals surface area contributed by atoms with E-state index in [-0.39, 0.29) is 49.4 Å². The molecule has 4 rings (SSSR count). The first-order valence-corrected chi connectivity index (χ1v) is 13.4. The molecule has 3 aromatic rings. The van der Waals surface area contributed by atoms with Crippen LogP contribution in [-0.4, -0.2) is 59.5 Å². The molecule has 0 fully saturated rings. The van der Waals surface area contributed by atoms with Gasteiger partial charge < -0.3 is 20.3 Å². The summed E-state index contributed by atoms with van der Waals surface area (Å²) < 4.78 is 7.47. The largest absolute Gasteiger partial charge is 0.380 e. The number of anilines is 1. The maximum atomic E-state index is 13.8. The molecule has 2 N–H and O–H groups in total. The van der Waals surface area contributed by atoms with Gasteiger partial charge in [-0.1, -0.05) is 47.7 Å². The molecule has 0 saturated carbocycles. The molecule has 0 unspecified atom stereocenters. The second-order valence-corrected chi connectivity index (χ2v) is 11.6. The van der Waals surface area contributed by atoms with Gasteiger partial charge in [-0.3, -0.25) is 14.4 Å². The maximum Gasteiger partial charge on any atom is 0.246 e. The number of ether oxygens (including phenoxy) is 1. The summed E-state index contributed by atoms with van der Waals surface area (Å²) in [6.45, 7) is 10.2. The number of nitrogens with zero attached hydrogens (tertiary/aromatic N) is 4. The van der Waals surface area contributed by atoms with Gasteiger partial charge in [-0.15, -0.1) is 5.10 Å². The van der Waals surface area contributed by atoms with Crippen LogP contribution in [-0.2, 0) is 31.2 Å². The molecule has 40 heavy (non-hydrogen) atoms. The zero-order valence-corrected chi connectivity index (χ0v) is 24.1. The lowest BCUT2D eigenvalue weighted by Crippen LogP contribution is -2.46. The van der Waals surface area contributed by atoms with Gasteiger partial charge in [-0.05, 0) is 46.2 Å². The highest BCUT2D eigenvalue weighted by atomic mass is 16.5. The summed E-state index contributed by atoms with van der Waals surface area (Å²) in [5.74, 6) is -0.680. The summed E-state index contributed by atoms with van der Waals surface area (Å²) in [6, 6.07) is 15.6. The molecule has 10 nitrogen and oxygen atoms in total. The smallest absolute Gasteiger partial charge is 0.246 e. The number of fused-ring (bicyclic) bond motifs is 5. The Morgan fingerprint density at radius 2 is 1.65 bits per heavy atom. The van der Waals surface area contributed by atoms with E-state index in [9.17, 15) is 14.4 Å². The molecular weight excluding hydrogens is 508 g/mol. The maximum absolute atomic E-state index is 13.8. The molecule has 0 bridgehead atoms. The average Bonchev–Trinajstić information content (AvgIpc) is 3.37. The van der Waals surface area contributed by atoms with Crippen LogP contribution in [0.5, 0.6) is 0 Å². The minimum Gasteiger partial charge on any atom is -0.380 e. The van der Waals surface area contributed by atoms with E-state index in [4.69, 9.17) is 4.74 Å². The van der Waals surface area contributed by atoms with E-state index in [0.717, 1.165) is 33.8 Å². The molecular formula is C30H38N6O4. The van der Waals surface area contributed by atoms with Gasteiger partial charge in [0.1, 0.15) is 5.69 Å². The van der Waals surface area contributed by atoms with Crippen molar-refractivity contribution < 1.29 is 19.1 Å². The number of hydrogen-bond acceptors (Lipinski definition) is 6. The average molecular weight is 547 g/mol. The number of benzene rings is 2. The standard InChI is InChI=1S/C30H38N6O4/c1-29(2,3)36-27-22-13-9-10-14-23(22)35(18-20-11-7-8-12-21(20)26(27)33-34-36)25(38)17-32-28(39)30(4,5)19-40-16-15-24(37)31-6/h7-14H,15-19H2,1-6H3,(H,31,37)(H,32,39). The normalized spacial score (nSPS) is 12.9. The lowest BCUT2D eigenvalue weighted by atomic mass is 9.93. The number of carbonyl (C=O) groups is 3. The van der Waals surface area contributed by atoms with Crippen molar-refractivity contribution in [3.63, 3.8) is 0 Å². The SMILES string of the molecule is CNC(=O)CCOCC(C)(C)C(=O)NCC(=O)N1Cc2ccccc2-c2nnn(C(C)(C)C)c2-c2ccccc21. The van der Waals surface area contributed by atoms with Gasteiger partial charge in [0, 0.05) is 24.6 Å². The fourth-order valence-electron chi connectivity index (χ4n) is 4.62. The Bertz CT molecular complexity index is 1410. The number of amides is 3. The summed E-state index contributed by atoms with van der Waals surface area (Å²) >= 11 is 0. The number of nitrogens with one attached hydrogen (secondary N) is 2. The van der Waals surface area contributed by atoms with Crippen LogP contribution in [0.25, 0.3) is 22.5 Å². The van der Waals surface area contributed by atoms with Gasteiger partial charge in [-0.25, -0.2) is 4.68 Å². The molecule has 0 atom stereocenters. The molecule has 1 aliphatic heterocycles. The molecule has 3 amide bonds. The summed E-state index contributed by atoms with van der Waals surface area (Å²) in [4.78, 5) is 39.9. The Balaban J connectivity index is 1.60. The molecule has 212 valence electrons. The van der Waals surface area contributed by atoms with Gasteiger partial charge in [0.25, 0.3) is 0 Å². The zero-order valence-electron chi connectivity index (χ0n) is 24.1. The van der Waals surface area contributed by atoms with Gasteiger partial charge in [0.15, 0.2) is 0 Å². The summed E-state index contributed by atoms with van der Waals surface area (Å²) in [6.07, 6.45) is 0.216. The first kappa shape index (κ1) is 28.9. The Kier molecular flexibility index (Phi) is 8.39. The van der Waals surface area contributed by atoms with E-state index in [1.165, 1.54) is 0 Å². The second-order valence-electron chi connectivity index (χ2n) is 11.6. The Hall–Kier alpha value is -4.05. The third kappa shape index (κ3) is 6.07. The third-order valence-electron chi connectivity index (χ3n) is 6.89. The number of rotatable bonds is 8. The van der Waals surface area contributed by atoms with Crippen molar-refractivity contribution in [3.8, 4) is 22.5 Å². The van der Waals surface area contributed by atoms with Crippen molar-refractivity contribution in [2.75, 3.05) is 31.7 Å². The molecule has 1 aromatic heterocycles. The topological polar surface area (TPSA) is 118 Å². The van der Waals surface area contributed by atoms with Crippen molar-refractivity contribution in [2.45, 2.75) is 53.1 Å². The van der Waals surface area contributed by atoms with E-state index in [0.29, 0.717) is 6.54 Å². The Labute approximate surface area is 235 Å². The van der Waals surface area contributed by atoms with Crippen LogP contribution >= 0.6 is 0 Å². The predicted molar refractivity (Wildman–Crippen MR) is 153 cm³/mol. The molecule has 0 saturated heterocycles. The van der Waals surface area contributed by atoms with Crippen molar-refractivity contribution in [2.24, 2.45) is 5.41 Å². The quantitative estimate of drug-likeness (QED) is 0.418. The number of carbonyl (C=O) groups excluding carboxylic acids is 3. The second kappa shape index (κ2) is 11.6. The lowest BCUT2D eigenvalue weighted by molar-refractivity contribution is -0.134. The minimum absolute atomic E-state index is 0.122.